The number of Topliss-reactive ketones (excluding diaryl/α,β-unsaturated/α-hetero) is 1. The van der Waals surface area contributed by atoms with Crippen molar-refractivity contribution >= 4 is 54.1 Å². The standard InChI is InChI=1S/C21H20ClFN3O3PS/c1-10-17(19(27)21(29)25-30(2)8-31-9-30)16-6-11-5-15(11)26(16)18(10)20(28)24-12-3-4-14(23)13(22)7-12/h3-4,7,11,15H,5-6,8-9H2,1-2H3,(H-,24,25,28,29)/p+1. The lowest BCUT2D eigenvalue weighted by Gasteiger charge is -2.29. The monoisotopic (exact) mass is 480 g/mol. The highest BCUT2D eigenvalue weighted by Crippen LogP contribution is 2.65. The van der Waals surface area contributed by atoms with E-state index in [0.29, 0.717) is 34.8 Å². The SMILES string of the molecule is Cc1c(C(=O)C(=O)N[P+]2(C)CSC2)c2n(c1C(=O)Nc1ccc(F)c(Cl)c1)C1CC1C2. The third-order valence-electron chi connectivity index (χ3n) is 6.17. The number of thioether (sulfide) groups is 1. The van der Waals surface area contributed by atoms with Crippen molar-refractivity contribution in [2.75, 3.05) is 23.0 Å². The van der Waals surface area contributed by atoms with E-state index in [-0.39, 0.29) is 11.1 Å². The smallest absolute Gasteiger partial charge is 0.323 e. The Kier molecular flexibility index (Phi) is 4.96. The number of rotatable bonds is 5. The second-order valence-electron chi connectivity index (χ2n) is 8.64. The van der Waals surface area contributed by atoms with E-state index in [1.165, 1.54) is 18.2 Å². The van der Waals surface area contributed by atoms with E-state index >= 15 is 0 Å². The third-order valence-corrected chi connectivity index (χ3v) is 13.2. The second-order valence-corrected chi connectivity index (χ2v) is 14.5. The number of ketones is 1. The van der Waals surface area contributed by atoms with Gasteiger partial charge in [-0.1, -0.05) is 23.4 Å². The maximum absolute atomic E-state index is 13.5. The number of fused-ring (bicyclic) bond motifs is 3. The Balaban J connectivity index is 1.47. The Labute approximate surface area is 188 Å². The van der Waals surface area contributed by atoms with Crippen LogP contribution in [0.2, 0.25) is 5.02 Å². The maximum atomic E-state index is 13.5. The summed E-state index contributed by atoms with van der Waals surface area (Å²) < 4.78 is 15.4. The zero-order valence-electron chi connectivity index (χ0n) is 17.0. The van der Waals surface area contributed by atoms with Crippen LogP contribution in [0.3, 0.4) is 0 Å². The van der Waals surface area contributed by atoms with E-state index in [2.05, 4.69) is 10.4 Å². The maximum Gasteiger partial charge on any atom is 0.323 e. The molecule has 3 aliphatic rings. The highest BCUT2D eigenvalue weighted by molar-refractivity contribution is 8.20. The molecule has 1 saturated carbocycles. The van der Waals surface area contributed by atoms with E-state index in [1.807, 2.05) is 11.2 Å². The Hall–Kier alpha value is -1.89. The first kappa shape index (κ1) is 21.0. The number of carbonyl (C=O) groups is 3. The molecule has 6 nitrogen and oxygen atoms in total. The van der Waals surface area contributed by atoms with Gasteiger partial charge in [0.1, 0.15) is 29.9 Å². The summed E-state index contributed by atoms with van der Waals surface area (Å²) >= 11 is 7.60. The number of anilines is 1. The third kappa shape index (κ3) is 3.49. The van der Waals surface area contributed by atoms with Crippen molar-refractivity contribution < 1.29 is 18.8 Å². The molecule has 5 rings (SSSR count). The minimum atomic E-state index is -1.57. The van der Waals surface area contributed by atoms with Gasteiger partial charge in [-0.2, -0.15) is 0 Å². The van der Waals surface area contributed by atoms with Crippen LogP contribution in [-0.2, 0) is 11.2 Å². The van der Waals surface area contributed by atoms with Crippen molar-refractivity contribution in [1.29, 1.82) is 0 Å². The van der Waals surface area contributed by atoms with Gasteiger partial charge < -0.3 is 9.88 Å². The van der Waals surface area contributed by atoms with Crippen LogP contribution in [0.15, 0.2) is 18.2 Å². The molecule has 0 radical (unpaired) electrons. The van der Waals surface area contributed by atoms with Gasteiger partial charge in [0.25, 0.3) is 11.7 Å². The summed E-state index contributed by atoms with van der Waals surface area (Å²) in [7, 11) is -1.57. The number of benzene rings is 1. The van der Waals surface area contributed by atoms with Gasteiger partial charge in [-0.25, -0.2) is 9.48 Å². The second kappa shape index (κ2) is 7.32. The van der Waals surface area contributed by atoms with E-state index in [1.54, 1.807) is 18.7 Å². The van der Waals surface area contributed by atoms with Gasteiger partial charge in [-0.3, -0.25) is 14.4 Å². The van der Waals surface area contributed by atoms with E-state index in [4.69, 9.17) is 11.6 Å². The quantitative estimate of drug-likeness (QED) is 0.375. The molecule has 10 heteroatoms. The summed E-state index contributed by atoms with van der Waals surface area (Å²) in [5.41, 5.74) is 4.16. The molecule has 2 amide bonds. The predicted octanol–water partition coefficient (Wildman–Crippen LogP) is 4.48. The van der Waals surface area contributed by atoms with Crippen molar-refractivity contribution in [3.63, 3.8) is 0 Å². The zero-order chi connectivity index (χ0) is 22.1. The molecule has 0 bridgehead atoms. The Morgan fingerprint density at radius 3 is 2.68 bits per heavy atom. The first-order chi connectivity index (χ1) is 14.7. The number of amides is 2. The molecular weight excluding hydrogens is 460 g/mol. The molecule has 0 spiro atoms. The van der Waals surface area contributed by atoms with Gasteiger partial charge in [0.05, 0.1) is 17.3 Å². The lowest BCUT2D eigenvalue weighted by atomic mass is 10.0. The lowest BCUT2D eigenvalue weighted by molar-refractivity contribution is -0.115. The molecule has 2 N–H and O–H groups in total. The predicted molar refractivity (Wildman–Crippen MR) is 122 cm³/mol. The summed E-state index contributed by atoms with van der Waals surface area (Å²) in [6.45, 7) is 3.75. The molecule has 162 valence electrons. The van der Waals surface area contributed by atoms with Crippen molar-refractivity contribution in [2.24, 2.45) is 5.92 Å². The van der Waals surface area contributed by atoms with E-state index < -0.39 is 30.8 Å². The lowest BCUT2D eigenvalue weighted by Crippen LogP contribution is -2.35. The molecule has 31 heavy (non-hydrogen) atoms. The van der Waals surface area contributed by atoms with Crippen LogP contribution < -0.4 is 10.4 Å². The van der Waals surface area contributed by atoms with Crippen LogP contribution in [0, 0.1) is 18.7 Å². The molecule has 2 aromatic rings. The van der Waals surface area contributed by atoms with Crippen molar-refractivity contribution in [1.82, 2.24) is 9.65 Å². The number of nitrogens with one attached hydrogen (secondary N) is 2. The summed E-state index contributed by atoms with van der Waals surface area (Å²) in [5.74, 6) is -1.70. The van der Waals surface area contributed by atoms with Gasteiger partial charge in [0, 0.05) is 17.4 Å². The summed E-state index contributed by atoms with van der Waals surface area (Å²) in [4.78, 5) is 39.0. The van der Waals surface area contributed by atoms with Crippen molar-refractivity contribution in [3.05, 3.63) is 51.6 Å². The van der Waals surface area contributed by atoms with Crippen LogP contribution in [-0.4, -0.2) is 39.8 Å². The van der Waals surface area contributed by atoms with Crippen LogP contribution in [0.1, 0.15) is 44.6 Å². The molecule has 1 aliphatic carbocycles. The molecule has 1 aromatic heterocycles. The van der Waals surface area contributed by atoms with Crippen LogP contribution in [0.4, 0.5) is 10.1 Å². The Bertz CT molecular complexity index is 1160. The van der Waals surface area contributed by atoms with Gasteiger partial charge in [-0.15, -0.1) is 0 Å². The van der Waals surface area contributed by atoms with Gasteiger partial charge in [-0.05, 0) is 49.4 Å². The number of aromatic nitrogens is 1. The fraction of sp³-hybridized carbons (Fsp3) is 0.381. The minimum absolute atomic E-state index is 0.0873. The Morgan fingerprint density at radius 2 is 2.03 bits per heavy atom. The molecule has 1 aromatic carbocycles. The van der Waals surface area contributed by atoms with E-state index in [0.717, 1.165) is 23.1 Å². The normalized spacial score (nSPS) is 22.2. The van der Waals surface area contributed by atoms with Crippen LogP contribution >= 0.6 is 30.8 Å². The number of carbonyl (C=O) groups excluding carboxylic acids is 3. The van der Waals surface area contributed by atoms with Gasteiger partial charge in [0.2, 0.25) is 0 Å². The average Bonchev–Trinajstić information content (AvgIpc) is 3.27. The fourth-order valence-corrected chi connectivity index (χ4v) is 8.75. The summed E-state index contributed by atoms with van der Waals surface area (Å²) in [6.07, 6.45) is 1.65. The number of hydrogen-bond acceptors (Lipinski definition) is 4. The van der Waals surface area contributed by atoms with Crippen molar-refractivity contribution in [3.8, 4) is 0 Å². The van der Waals surface area contributed by atoms with Crippen LogP contribution in [0.5, 0.6) is 0 Å². The fourth-order valence-electron chi connectivity index (χ4n) is 4.54. The first-order valence-electron chi connectivity index (χ1n) is 9.98. The highest BCUT2D eigenvalue weighted by atomic mass is 35.5. The number of nitrogens with zero attached hydrogens (tertiary/aromatic N) is 1. The van der Waals surface area contributed by atoms with Gasteiger partial charge >= 0.3 is 5.91 Å². The summed E-state index contributed by atoms with van der Waals surface area (Å²) in [6, 6.07) is 4.15. The minimum Gasteiger partial charge on any atom is -0.336 e. The average molecular weight is 481 g/mol. The molecule has 2 atom stereocenters. The highest BCUT2D eigenvalue weighted by Gasteiger charge is 2.51. The first-order valence-corrected chi connectivity index (χ1v) is 14.1. The zero-order valence-corrected chi connectivity index (χ0v) is 19.5. The van der Waals surface area contributed by atoms with Gasteiger partial charge in [0.15, 0.2) is 0 Å². The molecule has 2 unspecified atom stereocenters. The number of hydrogen-bond donors (Lipinski definition) is 2. The molecule has 3 heterocycles. The molecule has 2 aliphatic heterocycles. The molecule has 1 saturated heterocycles. The molecular formula is C21H21ClFN3O3PS+. The largest absolute Gasteiger partial charge is 0.336 e. The van der Waals surface area contributed by atoms with E-state index in [9.17, 15) is 18.8 Å². The number of halogens is 2. The topological polar surface area (TPSA) is 80.2 Å². The Morgan fingerprint density at radius 1 is 1.29 bits per heavy atom. The molecule has 2 fully saturated rings. The summed E-state index contributed by atoms with van der Waals surface area (Å²) in [5, 5.41) is 5.63. The van der Waals surface area contributed by atoms with Crippen LogP contribution in [0.25, 0.3) is 0 Å². The van der Waals surface area contributed by atoms with Crippen molar-refractivity contribution in [2.45, 2.75) is 25.8 Å².